The van der Waals surface area contributed by atoms with E-state index in [4.69, 9.17) is 11.6 Å². The van der Waals surface area contributed by atoms with E-state index >= 15 is 0 Å². The number of likely N-dealkylation sites (tertiary alicyclic amines) is 1. The molecule has 0 bridgehead atoms. The molecule has 1 aromatic rings. The standard InChI is InChI=1S/C15H22ClFN2/c1-11(2)18-9-14-4-3-7-19(14)10-12-5-6-13(17)8-15(12)16/h5-6,8,11,14,18H,3-4,7,9-10H2,1-2H3. The summed E-state index contributed by atoms with van der Waals surface area (Å²) in [6, 6.07) is 5.75. The molecule has 1 aromatic carbocycles. The van der Waals surface area contributed by atoms with Gasteiger partial charge in [-0.15, -0.1) is 0 Å². The van der Waals surface area contributed by atoms with Crippen molar-refractivity contribution in [2.45, 2.75) is 45.3 Å². The van der Waals surface area contributed by atoms with Gasteiger partial charge in [-0.25, -0.2) is 4.39 Å². The van der Waals surface area contributed by atoms with Crippen LogP contribution in [-0.2, 0) is 6.54 Å². The summed E-state index contributed by atoms with van der Waals surface area (Å²) in [7, 11) is 0. The third kappa shape index (κ3) is 4.16. The van der Waals surface area contributed by atoms with Crippen molar-refractivity contribution in [3.63, 3.8) is 0 Å². The fourth-order valence-corrected chi connectivity index (χ4v) is 2.80. The van der Waals surface area contributed by atoms with Gasteiger partial charge in [-0.2, -0.15) is 0 Å². The summed E-state index contributed by atoms with van der Waals surface area (Å²) in [6.07, 6.45) is 2.45. The summed E-state index contributed by atoms with van der Waals surface area (Å²) in [4.78, 5) is 2.44. The Kier molecular flexibility index (Phi) is 5.20. The number of benzene rings is 1. The minimum Gasteiger partial charge on any atom is -0.313 e. The van der Waals surface area contributed by atoms with E-state index in [-0.39, 0.29) is 5.82 Å². The maximum absolute atomic E-state index is 13.0. The molecule has 0 spiro atoms. The van der Waals surface area contributed by atoms with Crippen molar-refractivity contribution < 1.29 is 4.39 Å². The van der Waals surface area contributed by atoms with Gasteiger partial charge in [-0.05, 0) is 37.1 Å². The van der Waals surface area contributed by atoms with Crippen LogP contribution in [0.1, 0.15) is 32.3 Å². The SMILES string of the molecule is CC(C)NCC1CCCN1Cc1ccc(F)cc1Cl. The van der Waals surface area contributed by atoms with Crippen LogP contribution in [0.25, 0.3) is 0 Å². The predicted octanol–water partition coefficient (Wildman–Crippen LogP) is 3.44. The first-order valence-electron chi connectivity index (χ1n) is 6.97. The molecule has 1 aliphatic rings. The normalized spacial score (nSPS) is 20.4. The third-order valence-electron chi connectivity index (χ3n) is 3.65. The van der Waals surface area contributed by atoms with Crippen molar-refractivity contribution in [3.8, 4) is 0 Å². The second kappa shape index (κ2) is 6.69. The molecular weight excluding hydrogens is 263 g/mol. The lowest BCUT2D eigenvalue weighted by molar-refractivity contribution is 0.236. The molecule has 2 rings (SSSR count). The average Bonchev–Trinajstić information content (AvgIpc) is 2.77. The second-order valence-electron chi connectivity index (χ2n) is 5.57. The summed E-state index contributed by atoms with van der Waals surface area (Å²) >= 11 is 6.10. The van der Waals surface area contributed by atoms with Gasteiger partial charge >= 0.3 is 0 Å². The van der Waals surface area contributed by atoms with Crippen molar-refractivity contribution in [2.75, 3.05) is 13.1 Å². The molecule has 1 aliphatic heterocycles. The minimum atomic E-state index is -0.270. The fraction of sp³-hybridized carbons (Fsp3) is 0.600. The molecule has 1 atom stereocenters. The van der Waals surface area contributed by atoms with Crippen LogP contribution in [0, 0.1) is 5.82 Å². The number of nitrogens with one attached hydrogen (secondary N) is 1. The van der Waals surface area contributed by atoms with Gasteiger partial charge in [0.25, 0.3) is 0 Å². The highest BCUT2D eigenvalue weighted by Gasteiger charge is 2.24. The van der Waals surface area contributed by atoms with E-state index in [1.165, 1.54) is 25.0 Å². The maximum Gasteiger partial charge on any atom is 0.124 e. The van der Waals surface area contributed by atoms with Gasteiger partial charge in [0, 0.05) is 30.2 Å². The Labute approximate surface area is 119 Å². The van der Waals surface area contributed by atoms with Gasteiger partial charge in [0.05, 0.1) is 0 Å². The molecule has 0 saturated carbocycles. The highest BCUT2D eigenvalue weighted by molar-refractivity contribution is 6.31. The first kappa shape index (κ1) is 14.8. The monoisotopic (exact) mass is 284 g/mol. The first-order valence-corrected chi connectivity index (χ1v) is 7.35. The van der Waals surface area contributed by atoms with E-state index < -0.39 is 0 Å². The van der Waals surface area contributed by atoms with E-state index in [2.05, 4.69) is 24.1 Å². The minimum absolute atomic E-state index is 0.270. The smallest absolute Gasteiger partial charge is 0.124 e. The first-order chi connectivity index (χ1) is 9.06. The molecule has 0 aromatic heterocycles. The molecule has 0 amide bonds. The van der Waals surface area contributed by atoms with Gasteiger partial charge in [0.1, 0.15) is 5.82 Å². The average molecular weight is 285 g/mol. The highest BCUT2D eigenvalue weighted by atomic mass is 35.5. The largest absolute Gasteiger partial charge is 0.313 e. The molecule has 4 heteroatoms. The van der Waals surface area contributed by atoms with E-state index in [9.17, 15) is 4.39 Å². The van der Waals surface area contributed by atoms with Crippen LogP contribution in [0.3, 0.4) is 0 Å². The lowest BCUT2D eigenvalue weighted by Gasteiger charge is -2.26. The number of rotatable bonds is 5. The van der Waals surface area contributed by atoms with E-state index in [1.54, 1.807) is 6.07 Å². The Bertz CT molecular complexity index is 423. The number of hydrogen-bond acceptors (Lipinski definition) is 2. The predicted molar refractivity (Wildman–Crippen MR) is 78.0 cm³/mol. The van der Waals surface area contributed by atoms with Crippen molar-refractivity contribution in [2.24, 2.45) is 0 Å². The zero-order valence-electron chi connectivity index (χ0n) is 11.6. The number of nitrogens with zero attached hydrogens (tertiary/aromatic N) is 1. The molecule has 1 saturated heterocycles. The molecule has 1 unspecified atom stereocenters. The summed E-state index contributed by atoms with van der Waals surface area (Å²) < 4.78 is 13.0. The zero-order chi connectivity index (χ0) is 13.8. The molecule has 106 valence electrons. The number of hydrogen-bond donors (Lipinski definition) is 1. The quantitative estimate of drug-likeness (QED) is 0.891. The Morgan fingerprint density at radius 1 is 1.47 bits per heavy atom. The van der Waals surface area contributed by atoms with Crippen LogP contribution in [0.4, 0.5) is 4.39 Å². The molecule has 2 nitrogen and oxygen atoms in total. The van der Waals surface area contributed by atoms with Gasteiger partial charge in [0.2, 0.25) is 0 Å². The van der Waals surface area contributed by atoms with Gasteiger partial charge in [-0.1, -0.05) is 31.5 Å². The molecule has 1 fully saturated rings. The lowest BCUT2D eigenvalue weighted by Crippen LogP contribution is -2.39. The third-order valence-corrected chi connectivity index (χ3v) is 4.00. The van der Waals surface area contributed by atoms with Crippen LogP contribution in [-0.4, -0.2) is 30.1 Å². The molecule has 1 N–H and O–H groups in total. The summed E-state index contributed by atoms with van der Waals surface area (Å²) in [5, 5.41) is 4.02. The van der Waals surface area contributed by atoms with Crippen LogP contribution in [0.5, 0.6) is 0 Å². The lowest BCUT2D eigenvalue weighted by atomic mass is 10.1. The van der Waals surface area contributed by atoms with Crippen molar-refractivity contribution in [1.82, 2.24) is 10.2 Å². The van der Waals surface area contributed by atoms with E-state index in [0.29, 0.717) is 17.1 Å². The fourth-order valence-electron chi connectivity index (χ4n) is 2.57. The van der Waals surface area contributed by atoms with Crippen LogP contribution < -0.4 is 5.32 Å². The zero-order valence-corrected chi connectivity index (χ0v) is 12.4. The Balaban J connectivity index is 1.97. The molecule has 1 heterocycles. The Morgan fingerprint density at radius 3 is 2.95 bits per heavy atom. The Morgan fingerprint density at radius 2 is 2.26 bits per heavy atom. The van der Waals surface area contributed by atoms with Gasteiger partial charge in [0.15, 0.2) is 0 Å². The summed E-state index contributed by atoms with van der Waals surface area (Å²) in [5.41, 5.74) is 1.01. The molecular formula is C15H22ClFN2. The van der Waals surface area contributed by atoms with Crippen molar-refractivity contribution >= 4 is 11.6 Å². The van der Waals surface area contributed by atoms with E-state index in [1.807, 2.05) is 0 Å². The molecule has 19 heavy (non-hydrogen) atoms. The van der Waals surface area contributed by atoms with Crippen LogP contribution in [0.15, 0.2) is 18.2 Å². The van der Waals surface area contributed by atoms with Gasteiger partial charge < -0.3 is 5.32 Å². The highest BCUT2D eigenvalue weighted by Crippen LogP contribution is 2.24. The summed E-state index contributed by atoms with van der Waals surface area (Å²) in [6.45, 7) is 7.24. The summed E-state index contributed by atoms with van der Waals surface area (Å²) in [5.74, 6) is -0.270. The van der Waals surface area contributed by atoms with Crippen molar-refractivity contribution in [1.29, 1.82) is 0 Å². The Hall–Kier alpha value is -0.640. The van der Waals surface area contributed by atoms with E-state index in [0.717, 1.165) is 25.2 Å². The molecule has 0 radical (unpaired) electrons. The van der Waals surface area contributed by atoms with Crippen LogP contribution >= 0.6 is 11.6 Å². The maximum atomic E-state index is 13.0. The topological polar surface area (TPSA) is 15.3 Å². The second-order valence-corrected chi connectivity index (χ2v) is 5.97. The number of halogens is 2. The van der Waals surface area contributed by atoms with Crippen molar-refractivity contribution in [3.05, 3.63) is 34.6 Å². The molecule has 0 aliphatic carbocycles. The van der Waals surface area contributed by atoms with Gasteiger partial charge in [-0.3, -0.25) is 4.90 Å². The van der Waals surface area contributed by atoms with Crippen LogP contribution in [0.2, 0.25) is 5.02 Å².